The maximum absolute atomic E-state index is 13.6. The summed E-state index contributed by atoms with van der Waals surface area (Å²) in [5, 5.41) is 3.21. The van der Waals surface area contributed by atoms with Gasteiger partial charge in [-0.15, -0.1) is 0 Å². The monoisotopic (exact) mass is 253 g/mol. The van der Waals surface area contributed by atoms with Gasteiger partial charge >= 0.3 is 0 Å². The number of halogens is 1. The van der Waals surface area contributed by atoms with Crippen molar-refractivity contribution in [3.05, 3.63) is 29.6 Å². The lowest BCUT2D eigenvalue weighted by Gasteiger charge is -2.30. The van der Waals surface area contributed by atoms with Gasteiger partial charge in [-0.1, -0.05) is 26.8 Å². The van der Waals surface area contributed by atoms with Gasteiger partial charge in [0.15, 0.2) is 11.6 Å². The topological polar surface area (TPSA) is 21.3 Å². The molecule has 1 atom stereocenters. The SMILES string of the molecule is CNCC(Cc1ccc(OC)c(F)c1)C(C)(C)C. The molecule has 0 saturated carbocycles. The standard InChI is InChI=1S/C15H24FNO/c1-15(2,3)12(10-17-4)8-11-6-7-14(18-5)13(16)9-11/h6-7,9,12,17H,8,10H2,1-5H3. The van der Waals surface area contributed by atoms with Crippen molar-refractivity contribution >= 4 is 0 Å². The van der Waals surface area contributed by atoms with E-state index in [-0.39, 0.29) is 11.2 Å². The van der Waals surface area contributed by atoms with E-state index in [0.717, 1.165) is 18.5 Å². The summed E-state index contributed by atoms with van der Waals surface area (Å²) >= 11 is 0. The Kier molecular flexibility index (Phi) is 5.15. The molecule has 0 saturated heterocycles. The first-order chi connectivity index (χ1) is 8.38. The molecular weight excluding hydrogens is 229 g/mol. The summed E-state index contributed by atoms with van der Waals surface area (Å²) in [6, 6.07) is 5.22. The van der Waals surface area contributed by atoms with Crippen LogP contribution in [0.15, 0.2) is 18.2 Å². The highest BCUT2D eigenvalue weighted by atomic mass is 19.1. The van der Waals surface area contributed by atoms with E-state index in [9.17, 15) is 4.39 Å². The van der Waals surface area contributed by atoms with Crippen LogP contribution >= 0.6 is 0 Å². The molecule has 2 nitrogen and oxygen atoms in total. The van der Waals surface area contributed by atoms with Crippen LogP contribution in [0.5, 0.6) is 5.75 Å². The van der Waals surface area contributed by atoms with E-state index in [0.29, 0.717) is 11.7 Å². The Morgan fingerprint density at radius 1 is 1.33 bits per heavy atom. The third-order valence-corrected chi connectivity index (χ3v) is 3.37. The fourth-order valence-electron chi connectivity index (χ4n) is 2.05. The van der Waals surface area contributed by atoms with Crippen LogP contribution in [-0.2, 0) is 6.42 Å². The maximum atomic E-state index is 13.6. The number of methoxy groups -OCH3 is 1. The summed E-state index contributed by atoms with van der Waals surface area (Å²) < 4.78 is 18.6. The van der Waals surface area contributed by atoms with E-state index in [4.69, 9.17) is 4.74 Å². The van der Waals surface area contributed by atoms with Crippen LogP contribution in [-0.4, -0.2) is 20.7 Å². The van der Waals surface area contributed by atoms with E-state index < -0.39 is 0 Å². The molecule has 1 rings (SSSR count). The predicted molar refractivity (Wildman–Crippen MR) is 73.5 cm³/mol. The minimum Gasteiger partial charge on any atom is -0.494 e. The molecule has 0 bridgehead atoms. The van der Waals surface area contributed by atoms with Crippen LogP contribution in [0.4, 0.5) is 4.39 Å². The van der Waals surface area contributed by atoms with E-state index in [1.807, 2.05) is 13.1 Å². The van der Waals surface area contributed by atoms with E-state index in [1.165, 1.54) is 7.11 Å². The molecule has 1 aromatic rings. The van der Waals surface area contributed by atoms with Gasteiger partial charge < -0.3 is 10.1 Å². The fourth-order valence-corrected chi connectivity index (χ4v) is 2.05. The molecule has 1 aromatic carbocycles. The third kappa shape index (κ3) is 3.98. The fraction of sp³-hybridized carbons (Fsp3) is 0.600. The van der Waals surface area contributed by atoms with Crippen LogP contribution in [0.3, 0.4) is 0 Å². The van der Waals surface area contributed by atoms with Gasteiger partial charge in [-0.25, -0.2) is 4.39 Å². The van der Waals surface area contributed by atoms with Crippen LogP contribution in [0.2, 0.25) is 0 Å². The van der Waals surface area contributed by atoms with Gasteiger partial charge in [0, 0.05) is 0 Å². The van der Waals surface area contributed by atoms with Gasteiger partial charge in [0.2, 0.25) is 0 Å². The Bertz CT molecular complexity index is 385. The molecule has 18 heavy (non-hydrogen) atoms. The molecular formula is C15H24FNO. The van der Waals surface area contributed by atoms with Crippen molar-refractivity contribution < 1.29 is 9.13 Å². The predicted octanol–water partition coefficient (Wildman–Crippen LogP) is 3.26. The number of hydrogen-bond donors (Lipinski definition) is 1. The molecule has 0 amide bonds. The van der Waals surface area contributed by atoms with E-state index in [2.05, 4.69) is 26.1 Å². The quantitative estimate of drug-likeness (QED) is 0.869. The molecule has 0 fully saturated rings. The lowest BCUT2D eigenvalue weighted by Crippen LogP contribution is -2.31. The molecule has 0 radical (unpaired) electrons. The average molecular weight is 253 g/mol. The second kappa shape index (κ2) is 6.19. The highest BCUT2D eigenvalue weighted by molar-refractivity contribution is 5.29. The smallest absolute Gasteiger partial charge is 0.165 e. The van der Waals surface area contributed by atoms with Crippen LogP contribution in [0.1, 0.15) is 26.3 Å². The van der Waals surface area contributed by atoms with Crippen molar-refractivity contribution in [3.8, 4) is 5.75 Å². The number of rotatable bonds is 5. The zero-order chi connectivity index (χ0) is 13.8. The molecule has 0 aliphatic carbocycles. The average Bonchev–Trinajstić information content (AvgIpc) is 2.27. The first kappa shape index (κ1) is 15.0. The molecule has 0 aliphatic rings. The van der Waals surface area contributed by atoms with Crippen LogP contribution < -0.4 is 10.1 Å². The number of benzene rings is 1. The molecule has 1 N–H and O–H groups in total. The largest absolute Gasteiger partial charge is 0.494 e. The molecule has 0 spiro atoms. The highest BCUT2D eigenvalue weighted by Crippen LogP contribution is 2.29. The van der Waals surface area contributed by atoms with Gasteiger partial charge in [-0.05, 0) is 49.0 Å². The maximum Gasteiger partial charge on any atom is 0.165 e. The molecule has 0 aromatic heterocycles. The third-order valence-electron chi connectivity index (χ3n) is 3.37. The minimum absolute atomic E-state index is 0.194. The molecule has 102 valence electrons. The number of ether oxygens (including phenoxy) is 1. The summed E-state index contributed by atoms with van der Waals surface area (Å²) in [6.07, 6.45) is 0.866. The summed E-state index contributed by atoms with van der Waals surface area (Å²) in [6.45, 7) is 7.58. The first-order valence-electron chi connectivity index (χ1n) is 6.35. The second-order valence-corrected chi connectivity index (χ2v) is 5.79. The van der Waals surface area contributed by atoms with Crippen molar-refractivity contribution in [3.63, 3.8) is 0 Å². The Morgan fingerprint density at radius 3 is 2.44 bits per heavy atom. The Labute approximate surface area is 110 Å². The number of hydrogen-bond acceptors (Lipinski definition) is 2. The Balaban J connectivity index is 2.84. The van der Waals surface area contributed by atoms with Gasteiger partial charge in [0.1, 0.15) is 0 Å². The molecule has 0 heterocycles. The molecule has 0 aliphatic heterocycles. The van der Waals surface area contributed by atoms with Gasteiger partial charge in [-0.3, -0.25) is 0 Å². The van der Waals surface area contributed by atoms with Crippen molar-refractivity contribution in [2.75, 3.05) is 20.7 Å². The van der Waals surface area contributed by atoms with E-state index in [1.54, 1.807) is 12.1 Å². The zero-order valence-corrected chi connectivity index (χ0v) is 12.0. The van der Waals surface area contributed by atoms with Gasteiger partial charge in [-0.2, -0.15) is 0 Å². The number of nitrogens with one attached hydrogen (secondary N) is 1. The molecule has 3 heteroatoms. The van der Waals surface area contributed by atoms with Crippen molar-refractivity contribution in [2.24, 2.45) is 11.3 Å². The van der Waals surface area contributed by atoms with Crippen molar-refractivity contribution in [1.29, 1.82) is 0 Å². The molecule has 1 unspecified atom stereocenters. The summed E-state index contributed by atoms with van der Waals surface area (Å²) in [4.78, 5) is 0. The summed E-state index contributed by atoms with van der Waals surface area (Å²) in [5.74, 6) is 0.488. The summed E-state index contributed by atoms with van der Waals surface area (Å²) in [7, 11) is 3.43. The Hall–Kier alpha value is -1.09. The van der Waals surface area contributed by atoms with E-state index >= 15 is 0 Å². The van der Waals surface area contributed by atoms with Gasteiger partial charge in [0.25, 0.3) is 0 Å². The lowest BCUT2D eigenvalue weighted by molar-refractivity contribution is 0.234. The second-order valence-electron chi connectivity index (χ2n) is 5.79. The van der Waals surface area contributed by atoms with Crippen molar-refractivity contribution in [2.45, 2.75) is 27.2 Å². The Morgan fingerprint density at radius 2 is 2.00 bits per heavy atom. The lowest BCUT2D eigenvalue weighted by atomic mass is 9.77. The van der Waals surface area contributed by atoms with Crippen LogP contribution in [0, 0.1) is 17.2 Å². The van der Waals surface area contributed by atoms with Crippen LogP contribution in [0.25, 0.3) is 0 Å². The zero-order valence-electron chi connectivity index (χ0n) is 12.0. The summed E-state index contributed by atoms with van der Waals surface area (Å²) in [5.41, 5.74) is 1.21. The normalized spacial score (nSPS) is 13.4. The first-order valence-corrected chi connectivity index (χ1v) is 6.35. The van der Waals surface area contributed by atoms with Gasteiger partial charge in [0.05, 0.1) is 7.11 Å². The highest BCUT2D eigenvalue weighted by Gasteiger charge is 2.24. The minimum atomic E-state index is -0.285. The van der Waals surface area contributed by atoms with Crippen molar-refractivity contribution in [1.82, 2.24) is 5.32 Å².